The smallest absolute Gasteiger partial charge is 0.233 e. The molecule has 11 heavy (non-hydrogen) atoms. The summed E-state index contributed by atoms with van der Waals surface area (Å²) in [5.74, 6) is -0.655. The first kappa shape index (κ1) is 9.01. The molecule has 0 aromatic heterocycles. The third-order valence-corrected chi connectivity index (χ3v) is 2.58. The minimum absolute atomic E-state index is 0.102. The summed E-state index contributed by atoms with van der Waals surface area (Å²) in [5.41, 5.74) is 0. The highest BCUT2D eigenvalue weighted by molar-refractivity contribution is 6.73. The Balaban J connectivity index is 2.58. The number of hydrogen-bond acceptors (Lipinski definition) is 2. The second-order valence-electron chi connectivity index (χ2n) is 2.78. The van der Waals surface area contributed by atoms with Gasteiger partial charge in [-0.15, -0.1) is 0 Å². The number of carbonyl (C=O) groups is 2. The van der Waals surface area contributed by atoms with E-state index in [0.717, 1.165) is 19.3 Å². The van der Waals surface area contributed by atoms with E-state index in [1.165, 1.54) is 0 Å². The molecule has 0 aromatic rings. The summed E-state index contributed by atoms with van der Waals surface area (Å²) < 4.78 is 0. The van der Waals surface area contributed by atoms with Gasteiger partial charge >= 0.3 is 0 Å². The van der Waals surface area contributed by atoms with Crippen LogP contribution in [0.2, 0.25) is 0 Å². The van der Waals surface area contributed by atoms with Crippen LogP contribution in [0.4, 0.5) is 0 Å². The standard InChI is InChI=1S/C7H8Cl2O2/c8-6(10)5(7(9)11)4-2-1-3-4/h4-5H,1-3H2. The van der Waals surface area contributed by atoms with E-state index in [2.05, 4.69) is 0 Å². The van der Waals surface area contributed by atoms with Crippen LogP contribution in [-0.4, -0.2) is 10.5 Å². The van der Waals surface area contributed by atoms with E-state index in [0.29, 0.717) is 0 Å². The molecule has 0 N–H and O–H groups in total. The van der Waals surface area contributed by atoms with Crippen LogP contribution in [0.5, 0.6) is 0 Å². The predicted octanol–water partition coefficient (Wildman–Crippen LogP) is 1.93. The molecule has 0 radical (unpaired) electrons. The van der Waals surface area contributed by atoms with Gasteiger partial charge in [-0.25, -0.2) is 0 Å². The van der Waals surface area contributed by atoms with E-state index in [1.807, 2.05) is 0 Å². The molecule has 1 aliphatic carbocycles. The third kappa shape index (κ3) is 1.94. The van der Waals surface area contributed by atoms with Crippen LogP contribution in [-0.2, 0) is 9.59 Å². The van der Waals surface area contributed by atoms with Crippen LogP contribution in [0.1, 0.15) is 19.3 Å². The fourth-order valence-electron chi connectivity index (χ4n) is 1.23. The van der Waals surface area contributed by atoms with E-state index >= 15 is 0 Å². The van der Waals surface area contributed by atoms with Crippen LogP contribution in [0.3, 0.4) is 0 Å². The van der Waals surface area contributed by atoms with Gasteiger partial charge in [0.05, 0.1) is 0 Å². The first-order valence-electron chi connectivity index (χ1n) is 3.51. The van der Waals surface area contributed by atoms with Crippen LogP contribution >= 0.6 is 23.2 Å². The maximum Gasteiger partial charge on any atom is 0.233 e. The summed E-state index contributed by atoms with van der Waals surface area (Å²) in [6, 6.07) is 0. The largest absolute Gasteiger partial charge is 0.280 e. The average molecular weight is 195 g/mol. The van der Waals surface area contributed by atoms with Gasteiger partial charge in [-0.05, 0) is 42.0 Å². The summed E-state index contributed by atoms with van der Waals surface area (Å²) >= 11 is 10.4. The molecule has 1 saturated carbocycles. The molecule has 0 amide bonds. The van der Waals surface area contributed by atoms with Gasteiger partial charge < -0.3 is 0 Å². The number of rotatable bonds is 3. The Labute approximate surface area is 74.9 Å². The molecule has 1 fully saturated rings. The van der Waals surface area contributed by atoms with Crippen LogP contribution in [0, 0.1) is 11.8 Å². The lowest BCUT2D eigenvalue weighted by Gasteiger charge is -2.28. The highest BCUT2D eigenvalue weighted by Gasteiger charge is 2.36. The third-order valence-electron chi connectivity index (χ3n) is 2.11. The lowest BCUT2D eigenvalue weighted by molar-refractivity contribution is -0.127. The molecule has 0 spiro atoms. The molecular formula is C7H8Cl2O2. The Hall–Kier alpha value is -0.0800. The van der Waals surface area contributed by atoms with E-state index in [1.54, 1.807) is 0 Å². The number of hydrogen-bond donors (Lipinski definition) is 0. The van der Waals surface area contributed by atoms with Gasteiger partial charge in [0.1, 0.15) is 5.92 Å². The molecule has 0 aromatic carbocycles. The van der Waals surface area contributed by atoms with Gasteiger partial charge in [0.25, 0.3) is 0 Å². The van der Waals surface area contributed by atoms with Crippen molar-refractivity contribution in [1.82, 2.24) is 0 Å². The molecule has 1 rings (SSSR count). The quantitative estimate of drug-likeness (QED) is 0.509. The topological polar surface area (TPSA) is 34.1 Å². The van der Waals surface area contributed by atoms with Crippen LogP contribution in [0.15, 0.2) is 0 Å². The van der Waals surface area contributed by atoms with Gasteiger partial charge in [0.15, 0.2) is 0 Å². The maximum absolute atomic E-state index is 10.7. The second-order valence-corrected chi connectivity index (χ2v) is 3.52. The van der Waals surface area contributed by atoms with E-state index in [9.17, 15) is 9.59 Å². The Kier molecular flexibility index (Phi) is 2.90. The zero-order valence-corrected chi connectivity index (χ0v) is 7.36. The SMILES string of the molecule is O=C(Cl)C(C(=O)Cl)C1CCC1. The molecule has 2 nitrogen and oxygen atoms in total. The fraction of sp³-hybridized carbons (Fsp3) is 0.714. The van der Waals surface area contributed by atoms with Crippen LogP contribution in [0.25, 0.3) is 0 Å². The lowest BCUT2D eigenvalue weighted by Crippen LogP contribution is -2.30. The molecule has 4 heteroatoms. The van der Waals surface area contributed by atoms with Crippen molar-refractivity contribution in [2.45, 2.75) is 19.3 Å². The first-order chi connectivity index (χ1) is 5.13. The monoisotopic (exact) mass is 194 g/mol. The minimum atomic E-state index is -0.757. The zero-order valence-electron chi connectivity index (χ0n) is 5.85. The Morgan fingerprint density at radius 2 is 1.64 bits per heavy atom. The van der Waals surface area contributed by atoms with Gasteiger partial charge in [-0.3, -0.25) is 9.59 Å². The number of halogens is 2. The summed E-state index contributed by atoms with van der Waals surface area (Å²) in [6.45, 7) is 0. The van der Waals surface area contributed by atoms with Crippen molar-refractivity contribution >= 4 is 33.7 Å². The molecule has 0 unspecified atom stereocenters. The van der Waals surface area contributed by atoms with E-state index < -0.39 is 16.4 Å². The lowest BCUT2D eigenvalue weighted by atomic mass is 9.77. The van der Waals surface area contributed by atoms with Crippen LogP contribution < -0.4 is 0 Å². The molecule has 1 aliphatic rings. The van der Waals surface area contributed by atoms with Gasteiger partial charge in [0, 0.05) is 0 Å². The fourth-order valence-corrected chi connectivity index (χ4v) is 1.84. The van der Waals surface area contributed by atoms with Crippen molar-refractivity contribution in [3.05, 3.63) is 0 Å². The summed E-state index contributed by atoms with van der Waals surface area (Å²) in [6.07, 6.45) is 2.85. The molecule has 0 bridgehead atoms. The van der Waals surface area contributed by atoms with Gasteiger partial charge in [-0.1, -0.05) is 6.42 Å². The van der Waals surface area contributed by atoms with E-state index in [4.69, 9.17) is 23.2 Å². The van der Waals surface area contributed by atoms with Crippen molar-refractivity contribution in [3.8, 4) is 0 Å². The average Bonchev–Trinajstić information content (AvgIpc) is 1.75. The highest BCUT2D eigenvalue weighted by Crippen LogP contribution is 2.35. The maximum atomic E-state index is 10.7. The Morgan fingerprint density at radius 1 is 1.18 bits per heavy atom. The summed E-state index contributed by atoms with van der Waals surface area (Å²) in [4.78, 5) is 21.4. The number of carbonyl (C=O) groups excluding carboxylic acids is 2. The van der Waals surface area contributed by atoms with Crippen molar-refractivity contribution in [2.24, 2.45) is 11.8 Å². The van der Waals surface area contributed by atoms with Crippen molar-refractivity contribution in [2.75, 3.05) is 0 Å². The van der Waals surface area contributed by atoms with Crippen molar-refractivity contribution in [3.63, 3.8) is 0 Å². The minimum Gasteiger partial charge on any atom is -0.280 e. The molecule has 0 heterocycles. The Bertz CT molecular complexity index is 173. The summed E-state index contributed by atoms with van der Waals surface area (Å²) in [7, 11) is 0. The van der Waals surface area contributed by atoms with Crippen molar-refractivity contribution < 1.29 is 9.59 Å². The predicted molar refractivity (Wildman–Crippen MR) is 42.6 cm³/mol. The van der Waals surface area contributed by atoms with E-state index in [-0.39, 0.29) is 5.92 Å². The highest BCUT2D eigenvalue weighted by atomic mass is 35.5. The van der Waals surface area contributed by atoms with Gasteiger partial charge in [0.2, 0.25) is 10.5 Å². The zero-order chi connectivity index (χ0) is 8.43. The molecule has 62 valence electrons. The molecule has 0 saturated heterocycles. The Morgan fingerprint density at radius 3 is 1.73 bits per heavy atom. The summed E-state index contributed by atoms with van der Waals surface area (Å²) in [5, 5.41) is -1.23. The first-order valence-corrected chi connectivity index (χ1v) is 4.27. The van der Waals surface area contributed by atoms with Gasteiger partial charge in [-0.2, -0.15) is 0 Å². The van der Waals surface area contributed by atoms with Crippen molar-refractivity contribution in [1.29, 1.82) is 0 Å². The molecule has 0 aliphatic heterocycles. The molecular weight excluding hydrogens is 187 g/mol. The normalized spacial score (nSPS) is 18.1. The second kappa shape index (κ2) is 3.55. The molecule has 0 atom stereocenters.